The number of benzene rings is 2. The van der Waals surface area contributed by atoms with Gasteiger partial charge in [0.25, 0.3) is 11.5 Å². The third-order valence-electron chi connectivity index (χ3n) is 6.68. The molecule has 0 radical (unpaired) electrons. The fourth-order valence-electron chi connectivity index (χ4n) is 5.03. The predicted octanol–water partition coefficient (Wildman–Crippen LogP) is 5.47. The van der Waals surface area contributed by atoms with Gasteiger partial charge in [0.15, 0.2) is 0 Å². The smallest absolute Gasteiger partial charge is 0.256 e. The number of H-pyrrole nitrogens is 1. The number of methoxy groups -OCH3 is 1. The third kappa shape index (κ3) is 6.31. The molecule has 1 aliphatic rings. The van der Waals surface area contributed by atoms with Gasteiger partial charge in [0.1, 0.15) is 11.6 Å². The highest BCUT2D eigenvalue weighted by molar-refractivity contribution is 8.01. The molecule has 2 N–H and O–H groups in total. The van der Waals surface area contributed by atoms with Crippen molar-refractivity contribution < 1.29 is 13.9 Å². The van der Waals surface area contributed by atoms with E-state index in [4.69, 9.17) is 4.74 Å². The van der Waals surface area contributed by atoms with Gasteiger partial charge in [-0.15, -0.1) is 0 Å². The zero-order chi connectivity index (χ0) is 28.4. The average molecular weight is 553 g/mol. The van der Waals surface area contributed by atoms with Crippen LogP contribution in [0.5, 0.6) is 5.75 Å². The Morgan fingerprint density at radius 3 is 2.64 bits per heavy atom. The maximum atomic E-state index is 14.6. The van der Waals surface area contributed by atoms with E-state index in [2.05, 4.69) is 41.4 Å². The molecule has 1 aromatic heterocycles. The molecule has 0 saturated heterocycles. The van der Waals surface area contributed by atoms with Crippen LogP contribution in [0.15, 0.2) is 41.2 Å². The number of halogens is 1. The molecule has 0 bridgehead atoms. The van der Waals surface area contributed by atoms with E-state index in [0.717, 1.165) is 28.9 Å². The zero-order valence-corrected chi connectivity index (χ0v) is 24.5. The summed E-state index contributed by atoms with van der Waals surface area (Å²) in [6, 6.07) is 10.8. The Kier molecular flexibility index (Phi) is 8.71. The number of carbonyl (C=O) groups is 1. The number of anilines is 1. The first kappa shape index (κ1) is 28.7. The highest BCUT2D eigenvalue weighted by Gasteiger charge is 2.32. The van der Waals surface area contributed by atoms with E-state index in [1.165, 1.54) is 13.2 Å². The molecule has 208 valence electrons. The summed E-state index contributed by atoms with van der Waals surface area (Å²) in [5.74, 6) is 0.0440. The van der Waals surface area contributed by atoms with Crippen LogP contribution in [0, 0.1) is 12.7 Å². The number of rotatable bonds is 9. The lowest BCUT2D eigenvalue weighted by atomic mass is 9.92. The zero-order valence-electron chi connectivity index (χ0n) is 23.6. The SMILES string of the molecule is COc1cc(C)[nH]c(=O)c1CNC(=O)c1cc(-c2ccc(F)c(CN(C)C)c2)cc2c1C(C)CN2SC(C)C. The minimum Gasteiger partial charge on any atom is -0.496 e. The van der Waals surface area contributed by atoms with Gasteiger partial charge in [-0.1, -0.05) is 26.8 Å². The number of amides is 1. The first-order valence-electron chi connectivity index (χ1n) is 13.1. The van der Waals surface area contributed by atoms with E-state index in [1.54, 1.807) is 31.0 Å². The number of pyridine rings is 1. The first-order valence-corrected chi connectivity index (χ1v) is 13.9. The summed E-state index contributed by atoms with van der Waals surface area (Å²) in [6.07, 6.45) is 0. The van der Waals surface area contributed by atoms with Crippen LogP contribution in [-0.4, -0.2) is 48.8 Å². The summed E-state index contributed by atoms with van der Waals surface area (Å²) in [4.78, 5) is 31.0. The number of fused-ring (bicyclic) bond motifs is 1. The van der Waals surface area contributed by atoms with Gasteiger partial charge in [-0.25, -0.2) is 4.39 Å². The van der Waals surface area contributed by atoms with Gasteiger partial charge in [-0.2, -0.15) is 0 Å². The Morgan fingerprint density at radius 1 is 1.23 bits per heavy atom. The number of aromatic amines is 1. The van der Waals surface area contributed by atoms with E-state index >= 15 is 0 Å². The van der Waals surface area contributed by atoms with Crippen molar-refractivity contribution in [3.8, 4) is 16.9 Å². The molecule has 39 heavy (non-hydrogen) atoms. The number of aryl methyl sites for hydroxylation is 1. The molecule has 1 amide bonds. The first-order chi connectivity index (χ1) is 18.5. The standard InChI is InChI=1S/C30H37FN4O3S/c1-17(2)39-35-15-18(3)28-23(29(36)32-14-24-27(38-7)10-19(4)33-30(24)37)12-21(13-26(28)35)20-8-9-25(31)22(11-20)16-34(5)6/h8-13,17-18H,14-16H2,1-7H3,(H,32,36)(H,33,37). The molecule has 2 heterocycles. The third-order valence-corrected chi connectivity index (χ3v) is 7.71. The Bertz CT molecular complexity index is 1440. The van der Waals surface area contributed by atoms with Crippen LogP contribution in [0.2, 0.25) is 0 Å². The van der Waals surface area contributed by atoms with Crippen LogP contribution in [0.1, 0.15) is 59.4 Å². The van der Waals surface area contributed by atoms with Gasteiger partial charge in [0.2, 0.25) is 0 Å². The van der Waals surface area contributed by atoms with Gasteiger partial charge < -0.3 is 24.2 Å². The number of nitrogens with one attached hydrogen (secondary N) is 2. The summed E-state index contributed by atoms with van der Waals surface area (Å²) in [5, 5.41) is 3.31. The topological polar surface area (TPSA) is 77.7 Å². The number of carbonyl (C=O) groups excluding carboxylic acids is 1. The molecular weight excluding hydrogens is 515 g/mol. The number of hydrogen-bond donors (Lipinski definition) is 2. The lowest BCUT2D eigenvalue weighted by molar-refractivity contribution is 0.0949. The number of hydrogen-bond acceptors (Lipinski definition) is 6. The van der Waals surface area contributed by atoms with Crippen molar-refractivity contribution in [2.75, 3.05) is 32.1 Å². The molecule has 1 unspecified atom stereocenters. The Morgan fingerprint density at radius 2 is 1.97 bits per heavy atom. The van der Waals surface area contributed by atoms with Crippen LogP contribution in [0.4, 0.5) is 10.1 Å². The molecule has 1 atom stereocenters. The summed E-state index contributed by atoms with van der Waals surface area (Å²) in [5.41, 5.74) is 5.56. The Labute approximate surface area is 233 Å². The van der Waals surface area contributed by atoms with Crippen molar-refractivity contribution in [1.82, 2.24) is 15.2 Å². The van der Waals surface area contributed by atoms with Crippen molar-refractivity contribution in [1.29, 1.82) is 0 Å². The highest BCUT2D eigenvalue weighted by Crippen LogP contribution is 2.45. The summed E-state index contributed by atoms with van der Waals surface area (Å²) in [7, 11) is 5.31. The molecule has 0 fully saturated rings. The van der Waals surface area contributed by atoms with Gasteiger partial charge >= 0.3 is 0 Å². The van der Waals surface area contributed by atoms with Crippen LogP contribution >= 0.6 is 11.9 Å². The Hall–Kier alpha value is -3.30. The molecule has 0 aliphatic carbocycles. The molecule has 0 spiro atoms. The second-order valence-electron chi connectivity index (χ2n) is 10.6. The molecule has 7 nitrogen and oxygen atoms in total. The van der Waals surface area contributed by atoms with Crippen molar-refractivity contribution in [2.45, 2.75) is 52.0 Å². The van der Waals surface area contributed by atoms with Gasteiger partial charge in [0.05, 0.1) is 24.9 Å². The number of ether oxygens (including phenoxy) is 1. The molecule has 9 heteroatoms. The quantitative estimate of drug-likeness (QED) is 0.343. The van der Waals surface area contributed by atoms with Crippen LogP contribution in [0.25, 0.3) is 11.1 Å². The summed E-state index contributed by atoms with van der Waals surface area (Å²) < 4.78 is 22.2. The largest absolute Gasteiger partial charge is 0.496 e. The van der Waals surface area contributed by atoms with Crippen molar-refractivity contribution in [2.24, 2.45) is 0 Å². The second-order valence-corrected chi connectivity index (χ2v) is 12.2. The van der Waals surface area contributed by atoms with E-state index in [9.17, 15) is 14.0 Å². The lowest BCUT2D eigenvalue weighted by Crippen LogP contribution is -2.28. The molecule has 4 rings (SSSR count). The minimum atomic E-state index is -0.293. The van der Waals surface area contributed by atoms with Crippen molar-refractivity contribution in [3.63, 3.8) is 0 Å². The lowest BCUT2D eigenvalue weighted by Gasteiger charge is -2.22. The fraction of sp³-hybridized carbons (Fsp3) is 0.400. The normalized spacial score (nSPS) is 14.7. The number of aromatic nitrogens is 1. The maximum absolute atomic E-state index is 14.6. The summed E-state index contributed by atoms with van der Waals surface area (Å²) >= 11 is 1.74. The predicted molar refractivity (Wildman–Crippen MR) is 157 cm³/mol. The van der Waals surface area contributed by atoms with Gasteiger partial charge in [-0.3, -0.25) is 9.59 Å². The highest BCUT2D eigenvalue weighted by atomic mass is 32.2. The molecular formula is C30H37FN4O3S. The van der Waals surface area contributed by atoms with Gasteiger partial charge in [-0.05, 0) is 80.0 Å². The molecule has 3 aromatic rings. The second kappa shape index (κ2) is 11.8. The molecule has 1 aliphatic heterocycles. The minimum absolute atomic E-state index is 0.0268. The van der Waals surface area contributed by atoms with E-state index < -0.39 is 0 Å². The van der Waals surface area contributed by atoms with E-state index in [-0.39, 0.29) is 29.7 Å². The van der Waals surface area contributed by atoms with E-state index in [1.807, 2.05) is 31.1 Å². The average Bonchev–Trinajstić information content (AvgIpc) is 3.17. The summed E-state index contributed by atoms with van der Waals surface area (Å²) in [6.45, 7) is 9.47. The number of nitrogens with zero attached hydrogens (tertiary/aromatic N) is 2. The van der Waals surface area contributed by atoms with Crippen molar-refractivity contribution >= 4 is 23.5 Å². The monoisotopic (exact) mass is 552 g/mol. The molecule has 2 aromatic carbocycles. The van der Waals surface area contributed by atoms with Crippen LogP contribution < -0.4 is 19.9 Å². The fourth-order valence-corrected chi connectivity index (χ4v) is 6.11. The molecule has 0 saturated carbocycles. The van der Waals surface area contributed by atoms with E-state index in [0.29, 0.717) is 39.9 Å². The Balaban J connectivity index is 1.77. The van der Waals surface area contributed by atoms with Gasteiger partial charge in [0, 0.05) is 41.1 Å². The van der Waals surface area contributed by atoms with Crippen molar-refractivity contribution in [3.05, 3.63) is 80.5 Å². The van der Waals surface area contributed by atoms with Crippen LogP contribution in [0.3, 0.4) is 0 Å². The maximum Gasteiger partial charge on any atom is 0.256 e. The van der Waals surface area contributed by atoms with Crippen LogP contribution in [-0.2, 0) is 13.1 Å².